The van der Waals surface area contributed by atoms with E-state index < -0.39 is 0 Å². The van der Waals surface area contributed by atoms with Crippen molar-refractivity contribution in [2.75, 3.05) is 13.2 Å². The van der Waals surface area contributed by atoms with Crippen LogP contribution in [0.25, 0.3) is 16.9 Å². The van der Waals surface area contributed by atoms with E-state index >= 15 is 0 Å². The van der Waals surface area contributed by atoms with Gasteiger partial charge in [0.2, 0.25) is 0 Å². The summed E-state index contributed by atoms with van der Waals surface area (Å²) in [5.41, 5.74) is 2.49. The van der Waals surface area contributed by atoms with Gasteiger partial charge in [-0.2, -0.15) is 0 Å². The molecule has 6 nitrogen and oxygen atoms in total. The number of aliphatic hydroxyl groups excluding tert-OH is 1. The molecule has 1 aliphatic rings. The number of piperidine rings is 1. The highest BCUT2D eigenvalue weighted by Gasteiger charge is 2.29. The molecule has 0 aliphatic carbocycles. The number of rotatable bonds is 3. The van der Waals surface area contributed by atoms with Crippen LogP contribution in [0.3, 0.4) is 0 Å². The second-order valence-electron chi connectivity index (χ2n) is 6.93. The zero-order valence-electron chi connectivity index (χ0n) is 14.7. The van der Waals surface area contributed by atoms with Crippen LogP contribution in [0.5, 0.6) is 0 Å². The normalized spacial score (nSPS) is 20.5. The van der Waals surface area contributed by atoms with Crippen molar-refractivity contribution < 1.29 is 9.90 Å². The third-order valence-electron chi connectivity index (χ3n) is 5.20. The highest BCUT2D eigenvalue weighted by Crippen LogP contribution is 2.24. The molecule has 2 atom stereocenters. The molecule has 1 saturated heterocycles. The summed E-state index contributed by atoms with van der Waals surface area (Å²) in [6, 6.07) is 11.7. The lowest BCUT2D eigenvalue weighted by Gasteiger charge is -2.37. The first-order chi connectivity index (χ1) is 12.7. The molecule has 1 amide bonds. The number of hydrogen-bond acceptors (Lipinski definition) is 4. The van der Waals surface area contributed by atoms with Crippen molar-refractivity contribution in [1.82, 2.24) is 19.4 Å². The molecule has 1 aromatic carbocycles. The summed E-state index contributed by atoms with van der Waals surface area (Å²) in [6.45, 7) is 2.92. The maximum absolute atomic E-state index is 12.8. The number of fused-ring (bicyclic) bond motifs is 1. The first-order valence-electron chi connectivity index (χ1n) is 8.97. The van der Waals surface area contributed by atoms with Crippen LogP contribution in [-0.4, -0.2) is 49.6 Å². The molecule has 26 heavy (non-hydrogen) atoms. The van der Waals surface area contributed by atoms with Crippen LogP contribution >= 0.6 is 0 Å². The lowest BCUT2D eigenvalue weighted by molar-refractivity contribution is 0.0515. The Hall–Kier alpha value is -2.73. The molecule has 0 bridgehead atoms. The molecule has 0 spiro atoms. The summed E-state index contributed by atoms with van der Waals surface area (Å²) in [6.07, 6.45) is 5.07. The number of likely N-dealkylation sites (tertiary alicyclic amines) is 1. The minimum atomic E-state index is 0.00317. The molecule has 0 radical (unpaired) electrons. The Morgan fingerprint density at radius 2 is 2.08 bits per heavy atom. The summed E-state index contributed by atoms with van der Waals surface area (Å²) >= 11 is 0. The van der Waals surface area contributed by atoms with Crippen molar-refractivity contribution in [1.29, 1.82) is 0 Å². The van der Waals surface area contributed by atoms with Crippen molar-refractivity contribution in [2.45, 2.75) is 25.8 Å². The fourth-order valence-electron chi connectivity index (χ4n) is 3.70. The van der Waals surface area contributed by atoms with E-state index in [1.54, 1.807) is 12.5 Å². The van der Waals surface area contributed by atoms with Crippen molar-refractivity contribution in [3.8, 4) is 5.82 Å². The molecule has 3 heterocycles. The fraction of sp³-hybridized carbons (Fsp3) is 0.350. The number of nitrogens with zero attached hydrogens (tertiary/aromatic N) is 4. The maximum atomic E-state index is 12.8. The number of para-hydroxylation sites is 2. The SMILES string of the molecule is C[C@H]1C[C@@H](CO)CCN1C(=O)c1ccc(-n2cnc3ccccc32)nc1. The fourth-order valence-corrected chi connectivity index (χ4v) is 3.70. The summed E-state index contributed by atoms with van der Waals surface area (Å²) in [4.78, 5) is 23.6. The van der Waals surface area contributed by atoms with Gasteiger partial charge in [0.1, 0.15) is 12.1 Å². The lowest BCUT2D eigenvalue weighted by atomic mass is 9.92. The van der Waals surface area contributed by atoms with Gasteiger partial charge in [-0.25, -0.2) is 9.97 Å². The molecule has 1 N–H and O–H groups in total. The van der Waals surface area contributed by atoms with Crippen LogP contribution in [0.2, 0.25) is 0 Å². The predicted octanol–water partition coefficient (Wildman–Crippen LogP) is 2.65. The molecule has 0 unspecified atom stereocenters. The summed E-state index contributed by atoms with van der Waals surface area (Å²) in [5, 5.41) is 9.33. The van der Waals surface area contributed by atoms with Gasteiger partial charge in [-0.1, -0.05) is 12.1 Å². The van der Waals surface area contributed by atoms with E-state index in [4.69, 9.17) is 0 Å². The van der Waals surface area contributed by atoms with Gasteiger partial charge in [0.25, 0.3) is 5.91 Å². The van der Waals surface area contributed by atoms with Crippen LogP contribution in [0.4, 0.5) is 0 Å². The van der Waals surface area contributed by atoms with Crippen molar-refractivity contribution in [3.05, 3.63) is 54.5 Å². The summed E-state index contributed by atoms with van der Waals surface area (Å²) < 4.78 is 1.92. The van der Waals surface area contributed by atoms with Gasteiger partial charge in [-0.05, 0) is 49.9 Å². The zero-order valence-corrected chi connectivity index (χ0v) is 14.7. The number of amides is 1. The van der Waals surface area contributed by atoms with Gasteiger partial charge in [-0.3, -0.25) is 9.36 Å². The number of pyridine rings is 1. The largest absolute Gasteiger partial charge is 0.396 e. The Balaban J connectivity index is 1.55. The van der Waals surface area contributed by atoms with Gasteiger partial charge in [0.05, 0.1) is 16.6 Å². The predicted molar refractivity (Wildman–Crippen MR) is 99.2 cm³/mol. The molecule has 3 aromatic rings. The third-order valence-corrected chi connectivity index (χ3v) is 5.20. The second kappa shape index (κ2) is 6.88. The van der Waals surface area contributed by atoms with E-state index in [0.717, 1.165) is 29.7 Å². The molecular weight excluding hydrogens is 328 g/mol. The van der Waals surface area contributed by atoms with Crippen molar-refractivity contribution in [3.63, 3.8) is 0 Å². The topological polar surface area (TPSA) is 71.2 Å². The molecule has 2 aromatic heterocycles. The highest BCUT2D eigenvalue weighted by molar-refractivity contribution is 5.94. The molecule has 1 fully saturated rings. The molecule has 4 rings (SSSR count). The van der Waals surface area contributed by atoms with Gasteiger partial charge < -0.3 is 10.0 Å². The number of carbonyl (C=O) groups excluding carboxylic acids is 1. The second-order valence-corrected chi connectivity index (χ2v) is 6.93. The Kier molecular flexibility index (Phi) is 4.42. The first kappa shape index (κ1) is 16.7. The number of imidazole rings is 1. The summed E-state index contributed by atoms with van der Waals surface area (Å²) in [7, 11) is 0. The van der Waals surface area contributed by atoms with E-state index in [1.807, 2.05) is 52.8 Å². The van der Waals surface area contributed by atoms with Crippen LogP contribution < -0.4 is 0 Å². The monoisotopic (exact) mass is 350 g/mol. The standard InChI is InChI=1S/C20H22N4O2/c1-14-10-15(12-25)8-9-23(14)20(26)16-6-7-19(21-11-16)24-13-22-17-4-2-3-5-18(17)24/h2-7,11,13-15,25H,8-10,12H2,1H3/t14-,15-/m0/s1. The van der Waals surface area contributed by atoms with Crippen molar-refractivity contribution in [2.24, 2.45) is 5.92 Å². The minimum Gasteiger partial charge on any atom is -0.396 e. The van der Waals surface area contributed by atoms with Gasteiger partial charge in [0.15, 0.2) is 0 Å². The Morgan fingerprint density at radius 1 is 1.23 bits per heavy atom. The third kappa shape index (κ3) is 2.97. The maximum Gasteiger partial charge on any atom is 0.255 e. The Morgan fingerprint density at radius 3 is 2.81 bits per heavy atom. The number of carbonyl (C=O) groups is 1. The minimum absolute atomic E-state index is 0.00317. The van der Waals surface area contributed by atoms with Crippen LogP contribution in [0, 0.1) is 5.92 Å². The quantitative estimate of drug-likeness (QED) is 0.788. The Labute approximate surface area is 152 Å². The van der Waals surface area contributed by atoms with Crippen LogP contribution in [0.1, 0.15) is 30.1 Å². The molecule has 134 valence electrons. The molecule has 1 aliphatic heterocycles. The lowest BCUT2D eigenvalue weighted by Crippen LogP contribution is -2.45. The molecular formula is C20H22N4O2. The van der Waals surface area contributed by atoms with Gasteiger partial charge in [-0.15, -0.1) is 0 Å². The van der Waals surface area contributed by atoms with E-state index in [1.165, 1.54) is 0 Å². The van der Waals surface area contributed by atoms with Gasteiger partial charge >= 0.3 is 0 Å². The van der Waals surface area contributed by atoms with E-state index in [0.29, 0.717) is 18.0 Å². The van der Waals surface area contributed by atoms with Crippen LogP contribution in [0.15, 0.2) is 48.9 Å². The Bertz CT molecular complexity index is 919. The van der Waals surface area contributed by atoms with E-state index in [9.17, 15) is 9.90 Å². The summed E-state index contributed by atoms with van der Waals surface area (Å²) in [5.74, 6) is 1.04. The van der Waals surface area contributed by atoms with E-state index in [-0.39, 0.29) is 18.6 Å². The number of hydrogen-bond donors (Lipinski definition) is 1. The van der Waals surface area contributed by atoms with Crippen LogP contribution in [-0.2, 0) is 0 Å². The number of benzene rings is 1. The zero-order chi connectivity index (χ0) is 18.1. The number of aliphatic hydroxyl groups is 1. The smallest absolute Gasteiger partial charge is 0.255 e. The van der Waals surface area contributed by atoms with Crippen molar-refractivity contribution >= 4 is 16.9 Å². The van der Waals surface area contributed by atoms with E-state index in [2.05, 4.69) is 9.97 Å². The number of aromatic nitrogens is 3. The molecule has 0 saturated carbocycles. The molecule has 6 heteroatoms. The van der Waals surface area contributed by atoms with Gasteiger partial charge in [0, 0.05) is 25.4 Å². The highest BCUT2D eigenvalue weighted by atomic mass is 16.3. The average molecular weight is 350 g/mol. The first-order valence-corrected chi connectivity index (χ1v) is 8.97. The average Bonchev–Trinajstić information content (AvgIpc) is 3.11.